The predicted octanol–water partition coefficient (Wildman–Crippen LogP) is 2.68. The largest absolute Gasteiger partial charge is 0.478 e. The maximum Gasteiger partial charge on any atom is 0.162 e. The van der Waals surface area contributed by atoms with Crippen LogP contribution in [0.1, 0.15) is 5.69 Å². The number of ether oxygens (including phenoxy) is 1. The van der Waals surface area contributed by atoms with Crippen molar-refractivity contribution < 1.29 is 4.74 Å². The maximum absolute atomic E-state index is 8.70. The van der Waals surface area contributed by atoms with E-state index in [4.69, 9.17) is 21.6 Å². The molecule has 0 fully saturated rings. The molecule has 0 radical (unpaired) electrons. The fourth-order valence-corrected chi connectivity index (χ4v) is 1.44. The molecule has 0 saturated heterocycles. The molecule has 1 heterocycles. The van der Waals surface area contributed by atoms with Crippen LogP contribution in [-0.4, -0.2) is 11.1 Å². The summed E-state index contributed by atoms with van der Waals surface area (Å²) >= 11 is 5.45. The topological polar surface area (TPSA) is 45.9 Å². The highest BCUT2D eigenvalue weighted by atomic mass is 35.5. The molecule has 1 aromatic heterocycles. The van der Waals surface area contributed by atoms with E-state index >= 15 is 0 Å². The third-order valence-corrected chi connectivity index (χ3v) is 2.11. The van der Waals surface area contributed by atoms with Crippen molar-refractivity contribution in [2.45, 2.75) is 0 Å². The Labute approximate surface area is 91.9 Å². The minimum Gasteiger partial charge on any atom is -0.478 e. The second-order valence-electron chi connectivity index (χ2n) is 2.92. The number of alkyl halides is 1. The van der Waals surface area contributed by atoms with E-state index in [0.717, 1.165) is 10.9 Å². The van der Waals surface area contributed by atoms with E-state index < -0.39 is 0 Å². The van der Waals surface area contributed by atoms with E-state index in [9.17, 15) is 0 Å². The van der Waals surface area contributed by atoms with Crippen LogP contribution in [0.4, 0.5) is 0 Å². The van der Waals surface area contributed by atoms with Crippen LogP contribution in [0.3, 0.4) is 0 Å². The number of halogens is 1. The highest BCUT2D eigenvalue weighted by molar-refractivity contribution is 6.17. The second-order valence-corrected chi connectivity index (χ2v) is 3.13. The molecule has 0 spiro atoms. The fraction of sp³-hybridized carbons (Fsp3) is 0.0909. The Morgan fingerprint density at radius 3 is 2.87 bits per heavy atom. The van der Waals surface area contributed by atoms with Gasteiger partial charge in [-0.3, -0.25) is 0 Å². The smallest absolute Gasteiger partial charge is 0.162 e. The lowest BCUT2D eigenvalue weighted by molar-refractivity contribution is 0.388. The summed E-state index contributed by atoms with van der Waals surface area (Å²) in [5, 5.41) is 9.67. The van der Waals surface area contributed by atoms with Crippen molar-refractivity contribution in [1.29, 1.82) is 5.26 Å². The Hall–Kier alpha value is -1.79. The number of fused-ring (bicyclic) bond motifs is 1. The van der Waals surface area contributed by atoms with E-state index in [1.165, 1.54) is 0 Å². The van der Waals surface area contributed by atoms with Crippen molar-refractivity contribution in [2.75, 3.05) is 6.07 Å². The van der Waals surface area contributed by atoms with Crippen LogP contribution < -0.4 is 4.74 Å². The average Bonchev–Trinajstić information content (AvgIpc) is 2.28. The summed E-state index contributed by atoms with van der Waals surface area (Å²) < 4.78 is 5.13. The van der Waals surface area contributed by atoms with E-state index in [1.807, 2.05) is 24.3 Å². The number of nitriles is 1. The summed E-state index contributed by atoms with van der Waals surface area (Å²) in [7, 11) is 0. The van der Waals surface area contributed by atoms with E-state index in [0.29, 0.717) is 11.4 Å². The Bertz CT molecular complexity index is 534. The lowest BCUT2D eigenvalue weighted by Gasteiger charge is -2.03. The molecular formula is C11H7ClN2O. The monoisotopic (exact) mass is 218 g/mol. The molecule has 1 aromatic carbocycles. The van der Waals surface area contributed by atoms with E-state index in [-0.39, 0.29) is 6.07 Å². The molecule has 74 valence electrons. The van der Waals surface area contributed by atoms with Crippen molar-refractivity contribution in [3.05, 3.63) is 36.0 Å². The van der Waals surface area contributed by atoms with Gasteiger partial charge >= 0.3 is 0 Å². The third kappa shape index (κ3) is 2.00. The highest BCUT2D eigenvalue weighted by Gasteiger charge is 1.99. The summed E-state index contributed by atoms with van der Waals surface area (Å²) in [6, 6.07) is 11.1. The summed E-state index contributed by atoms with van der Waals surface area (Å²) in [4.78, 5) is 4.15. The normalized spacial score (nSPS) is 9.87. The van der Waals surface area contributed by atoms with Gasteiger partial charge in [0, 0.05) is 11.5 Å². The number of benzene rings is 1. The van der Waals surface area contributed by atoms with Crippen LogP contribution in [-0.2, 0) is 0 Å². The van der Waals surface area contributed by atoms with Crippen LogP contribution >= 0.6 is 11.6 Å². The number of hydrogen-bond donors (Lipinski definition) is 0. The highest BCUT2D eigenvalue weighted by Crippen LogP contribution is 2.19. The van der Waals surface area contributed by atoms with E-state index in [1.54, 1.807) is 12.1 Å². The van der Waals surface area contributed by atoms with Gasteiger partial charge in [0.25, 0.3) is 0 Å². The van der Waals surface area contributed by atoms with Crippen molar-refractivity contribution >= 4 is 22.5 Å². The molecule has 15 heavy (non-hydrogen) atoms. The minimum atomic E-state index is 0.101. The van der Waals surface area contributed by atoms with Crippen LogP contribution in [0.2, 0.25) is 0 Å². The standard InChI is InChI=1S/C11H7ClN2O/c12-7-15-10-4-2-8-1-3-9(6-13)14-11(8)5-10/h1-5H,7H2. The average molecular weight is 219 g/mol. The summed E-state index contributed by atoms with van der Waals surface area (Å²) in [5.74, 6) is 0.653. The molecule has 2 aromatic rings. The van der Waals surface area contributed by atoms with Gasteiger partial charge in [-0.25, -0.2) is 4.98 Å². The Kier molecular flexibility index (Phi) is 2.70. The minimum absolute atomic E-state index is 0.101. The van der Waals surface area contributed by atoms with Gasteiger partial charge in [0.05, 0.1) is 5.52 Å². The first-order chi connectivity index (χ1) is 7.33. The summed E-state index contributed by atoms with van der Waals surface area (Å²) in [6.07, 6.45) is 0. The molecule has 0 saturated carbocycles. The molecule has 0 aliphatic heterocycles. The Morgan fingerprint density at radius 1 is 1.33 bits per heavy atom. The molecule has 0 aliphatic rings. The number of pyridine rings is 1. The van der Waals surface area contributed by atoms with Crippen LogP contribution in [0.15, 0.2) is 30.3 Å². The van der Waals surface area contributed by atoms with Gasteiger partial charge in [-0.05, 0) is 24.3 Å². The van der Waals surface area contributed by atoms with Crippen LogP contribution in [0.25, 0.3) is 10.9 Å². The first kappa shape index (κ1) is 9.75. The Balaban J connectivity index is 2.54. The van der Waals surface area contributed by atoms with Gasteiger partial charge < -0.3 is 4.74 Å². The van der Waals surface area contributed by atoms with Crippen molar-refractivity contribution in [3.63, 3.8) is 0 Å². The van der Waals surface area contributed by atoms with Gasteiger partial charge in [-0.15, -0.1) is 0 Å². The zero-order valence-electron chi connectivity index (χ0n) is 7.77. The van der Waals surface area contributed by atoms with Gasteiger partial charge in [0.15, 0.2) is 6.07 Å². The second kappa shape index (κ2) is 4.16. The molecule has 0 amide bonds. The van der Waals surface area contributed by atoms with Gasteiger partial charge in [-0.1, -0.05) is 11.6 Å². The molecule has 0 bridgehead atoms. The number of nitrogens with zero attached hydrogens (tertiary/aromatic N) is 2. The summed E-state index contributed by atoms with van der Waals surface area (Å²) in [6.45, 7) is 0. The van der Waals surface area contributed by atoms with Crippen LogP contribution in [0, 0.1) is 11.3 Å². The van der Waals surface area contributed by atoms with Gasteiger partial charge in [-0.2, -0.15) is 5.26 Å². The lowest BCUT2D eigenvalue weighted by atomic mass is 10.2. The first-order valence-electron chi connectivity index (χ1n) is 4.33. The quantitative estimate of drug-likeness (QED) is 0.728. The molecule has 0 aliphatic carbocycles. The number of aromatic nitrogens is 1. The molecular weight excluding hydrogens is 212 g/mol. The molecule has 0 atom stereocenters. The molecule has 0 unspecified atom stereocenters. The molecule has 3 nitrogen and oxygen atoms in total. The van der Waals surface area contributed by atoms with Gasteiger partial charge in [0.1, 0.15) is 17.5 Å². The SMILES string of the molecule is N#Cc1ccc2ccc(OCCl)cc2n1. The zero-order chi connectivity index (χ0) is 10.7. The zero-order valence-corrected chi connectivity index (χ0v) is 8.53. The maximum atomic E-state index is 8.70. The van der Waals surface area contributed by atoms with Crippen LogP contribution in [0.5, 0.6) is 5.75 Å². The molecule has 0 N–H and O–H groups in total. The van der Waals surface area contributed by atoms with Crippen molar-refractivity contribution in [3.8, 4) is 11.8 Å². The first-order valence-corrected chi connectivity index (χ1v) is 4.86. The van der Waals surface area contributed by atoms with Crippen molar-refractivity contribution in [1.82, 2.24) is 4.98 Å². The fourth-order valence-electron chi connectivity index (χ4n) is 1.31. The van der Waals surface area contributed by atoms with Crippen molar-refractivity contribution in [2.24, 2.45) is 0 Å². The molecule has 2 rings (SSSR count). The van der Waals surface area contributed by atoms with E-state index in [2.05, 4.69) is 4.98 Å². The predicted molar refractivity (Wildman–Crippen MR) is 57.8 cm³/mol. The molecule has 4 heteroatoms. The number of rotatable bonds is 2. The Morgan fingerprint density at radius 2 is 2.13 bits per heavy atom. The van der Waals surface area contributed by atoms with Gasteiger partial charge in [0.2, 0.25) is 0 Å². The number of hydrogen-bond acceptors (Lipinski definition) is 3. The third-order valence-electron chi connectivity index (χ3n) is 2.00. The lowest BCUT2D eigenvalue weighted by Crippen LogP contribution is -1.90. The summed E-state index contributed by atoms with van der Waals surface area (Å²) in [5.41, 5.74) is 1.13.